The fourth-order valence-corrected chi connectivity index (χ4v) is 2.70. The Morgan fingerprint density at radius 1 is 1.40 bits per heavy atom. The SMILES string of the molecule is NC(Cc1cccs1)C(=O)NCc1cccc(Cl)c1F. The van der Waals surface area contributed by atoms with Crippen molar-refractivity contribution in [2.45, 2.75) is 19.0 Å². The zero-order chi connectivity index (χ0) is 14.5. The molecule has 0 aliphatic rings. The average Bonchev–Trinajstić information content (AvgIpc) is 2.93. The standard InChI is InChI=1S/C14H14ClFN2OS/c15-11-5-1-3-9(13(11)16)8-18-14(19)12(17)7-10-4-2-6-20-10/h1-6,12H,7-8,17H2,(H,18,19). The molecule has 0 saturated heterocycles. The summed E-state index contributed by atoms with van der Waals surface area (Å²) in [6.45, 7) is 0.0728. The number of carbonyl (C=O) groups excluding carboxylic acids is 1. The molecule has 0 aliphatic carbocycles. The lowest BCUT2D eigenvalue weighted by molar-refractivity contribution is -0.122. The number of amides is 1. The first-order chi connectivity index (χ1) is 9.58. The molecule has 1 unspecified atom stereocenters. The molecular weight excluding hydrogens is 299 g/mol. The van der Waals surface area contributed by atoms with Crippen molar-refractivity contribution in [1.82, 2.24) is 5.32 Å². The first-order valence-corrected chi connectivity index (χ1v) is 7.32. The Balaban J connectivity index is 1.90. The number of hydrogen-bond acceptors (Lipinski definition) is 3. The summed E-state index contributed by atoms with van der Waals surface area (Å²) in [7, 11) is 0. The van der Waals surface area contributed by atoms with Crippen LogP contribution in [0, 0.1) is 5.82 Å². The van der Waals surface area contributed by atoms with Crippen LogP contribution in [0.5, 0.6) is 0 Å². The quantitative estimate of drug-likeness (QED) is 0.892. The van der Waals surface area contributed by atoms with Gasteiger partial charge in [-0.05, 0) is 17.5 Å². The molecule has 0 fully saturated rings. The second kappa shape index (κ2) is 6.83. The molecule has 106 valence electrons. The highest BCUT2D eigenvalue weighted by Crippen LogP contribution is 2.17. The van der Waals surface area contributed by atoms with Crippen LogP contribution >= 0.6 is 22.9 Å². The largest absolute Gasteiger partial charge is 0.351 e. The summed E-state index contributed by atoms with van der Waals surface area (Å²) < 4.78 is 13.6. The van der Waals surface area contributed by atoms with Crippen LogP contribution in [0.25, 0.3) is 0 Å². The van der Waals surface area contributed by atoms with Crippen LogP contribution in [0.4, 0.5) is 4.39 Å². The second-order valence-electron chi connectivity index (χ2n) is 4.32. The van der Waals surface area contributed by atoms with E-state index in [2.05, 4.69) is 5.32 Å². The van der Waals surface area contributed by atoms with Gasteiger partial charge < -0.3 is 11.1 Å². The van der Waals surface area contributed by atoms with Gasteiger partial charge in [-0.15, -0.1) is 11.3 Å². The third-order valence-electron chi connectivity index (χ3n) is 2.82. The Morgan fingerprint density at radius 3 is 2.90 bits per heavy atom. The molecule has 1 heterocycles. The fourth-order valence-electron chi connectivity index (χ4n) is 1.74. The number of hydrogen-bond donors (Lipinski definition) is 2. The van der Waals surface area contributed by atoms with E-state index in [1.54, 1.807) is 23.5 Å². The zero-order valence-electron chi connectivity index (χ0n) is 10.6. The first kappa shape index (κ1) is 15.0. The van der Waals surface area contributed by atoms with E-state index in [9.17, 15) is 9.18 Å². The minimum absolute atomic E-state index is 0.0413. The summed E-state index contributed by atoms with van der Waals surface area (Å²) in [5.41, 5.74) is 6.16. The summed E-state index contributed by atoms with van der Waals surface area (Å²) in [6, 6.07) is 7.87. The van der Waals surface area contributed by atoms with Crippen molar-refractivity contribution >= 4 is 28.8 Å². The number of thiophene rings is 1. The van der Waals surface area contributed by atoms with Gasteiger partial charge in [-0.3, -0.25) is 4.79 Å². The molecule has 20 heavy (non-hydrogen) atoms. The molecule has 2 rings (SSSR count). The Bertz CT molecular complexity index is 589. The molecule has 0 bridgehead atoms. The van der Waals surface area contributed by atoms with Gasteiger partial charge in [0.1, 0.15) is 5.82 Å². The molecule has 1 atom stereocenters. The minimum Gasteiger partial charge on any atom is -0.351 e. The van der Waals surface area contributed by atoms with Gasteiger partial charge in [0.2, 0.25) is 5.91 Å². The van der Waals surface area contributed by atoms with Gasteiger partial charge in [0.15, 0.2) is 0 Å². The molecule has 3 nitrogen and oxygen atoms in total. The summed E-state index contributed by atoms with van der Waals surface area (Å²) in [5.74, 6) is -0.820. The van der Waals surface area contributed by atoms with Crippen molar-refractivity contribution in [3.8, 4) is 0 Å². The Kier molecular flexibility index (Phi) is 5.11. The maximum absolute atomic E-state index is 13.6. The molecule has 3 N–H and O–H groups in total. The lowest BCUT2D eigenvalue weighted by Crippen LogP contribution is -2.41. The van der Waals surface area contributed by atoms with Crippen molar-refractivity contribution in [3.63, 3.8) is 0 Å². The minimum atomic E-state index is -0.643. The van der Waals surface area contributed by atoms with E-state index in [1.807, 2.05) is 17.5 Å². The van der Waals surface area contributed by atoms with E-state index in [0.717, 1.165) is 4.88 Å². The van der Waals surface area contributed by atoms with Crippen LogP contribution in [0.2, 0.25) is 5.02 Å². The monoisotopic (exact) mass is 312 g/mol. The molecule has 0 spiro atoms. The van der Waals surface area contributed by atoms with Crippen molar-refractivity contribution < 1.29 is 9.18 Å². The van der Waals surface area contributed by atoms with E-state index in [-0.39, 0.29) is 17.5 Å². The van der Waals surface area contributed by atoms with Crippen molar-refractivity contribution in [2.24, 2.45) is 5.73 Å². The fraction of sp³-hybridized carbons (Fsp3) is 0.214. The highest BCUT2D eigenvalue weighted by atomic mass is 35.5. The topological polar surface area (TPSA) is 55.1 Å². The predicted octanol–water partition coefficient (Wildman–Crippen LogP) is 2.73. The van der Waals surface area contributed by atoms with Crippen molar-refractivity contribution in [3.05, 3.63) is 57.0 Å². The predicted molar refractivity (Wildman–Crippen MR) is 79.3 cm³/mol. The normalized spacial score (nSPS) is 12.2. The van der Waals surface area contributed by atoms with Crippen LogP contribution in [-0.2, 0) is 17.8 Å². The zero-order valence-corrected chi connectivity index (χ0v) is 12.2. The molecular formula is C14H14ClFN2OS. The number of nitrogens with two attached hydrogens (primary N) is 1. The molecule has 0 aliphatic heterocycles. The van der Waals surface area contributed by atoms with E-state index in [1.165, 1.54) is 6.07 Å². The highest BCUT2D eigenvalue weighted by molar-refractivity contribution is 7.09. The third kappa shape index (κ3) is 3.79. The van der Waals surface area contributed by atoms with E-state index in [0.29, 0.717) is 12.0 Å². The molecule has 6 heteroatoms. The molecule has 0 saturated carbocycles. The van der Waals surface area contributed by atoms with Gasteiger partial charge >= 0.3 is 0 Å². The van der Waals surface area contributed by atoms with Gasteiger partial charge in [0.05, 0.1) is 11.1 Å². The number of carbonyl (C=O) groups is 1. The Hall–Kier alpha value is -1.43. The molecule has 0 radical (unpaired) electrons. The van der Waals surface area contributed by atoms with Crippen LogP contribution in [0.1, 0.15) is 10.4 Å². The highest BCUT2D eigenvalue weighted by Gasteiger charge is 2.15. The molecule has 1 amide bonds. The smallest absolute Gasteiger partial charge is 0.237 e. The molecule has 2 aromatic rings. The maximum atomic E-state index is 13.6. The summed E-state index contributed by atoms with van der Waals surface area (Å²) in [6.07, 6.45) is 0.474. The van der Waals surface area contributed by atoms with Crippen LogP contribution in [0.15, 0.2) is 35.7 Å². The molecule has 1 aromatic carbocycles. The summed E-state index contributed by atoms with van der Waals surface area (Å²) in [4.78, 5) is 12.9. The van der Waals surface area contributed by atoms with Gasteiger partial charge in [0, 0.05) is 23.4 Å². The average molecular weight is 313 g/mol. The number of nitrogens with one attached hydrogen (secondary N) is 1. The first-order valence-electron chi connectivity index (χ1n) is 6.06. The van der Waals surface area contributed by atoms with Gasteiger partial charge in [-0.1, -0.05) is 29.8 Å². The second-order valence-corrected chi connectivity index (χ2v) is 5.76. The number of rotatable bonds is 5. The van der Waals surface area contributed by atoms with Crippen LogP contribution in [-0.4, -0.2) is 11.9 Å². The van der Waals surface area contributed by atoms with Crippen molar-refractivity contribution in [2.75, 3.05) is 0 Å². The van der Waals surface area contributed by atoms with Gasteiger partial charge in [-0.2, -0.15) is 0 Å². The lowest BCUT2D eigenvalue weighted by Gasteiger charge is -2.12. The van der Waals surface area contributed by atoms with E-state index >= 15 is 0 Å². The van der Waals surface area contributed by atoms with Crippen LogP contribution in [0.3, 0.4) is 0 Å². The van der Waals surface area contributed by atoms with Crippen LogP contribution < -0.4 is 11.1 Å². The maximum Gasteiger partial charge on any atom is 0.237 e. The van der Waals surface area contributed by atoms with Gasteiger partial charge in [0.25, 0.3) is 0 Å². The van der Waals surface area contributed by atoms with Gasteiger partial charge in [-0.25, -0.2) is 4.39 Å². The number of benzene rings is 1. The van der Waals surface area contributed by atoms with E-state index < -0.39 is 11.9 Å². The summed E-state index contributed by atoms with van der Waals surface area (Å²) >= 11 is 7.23. The Labute approximate surface area is 125 Å². The van der Waals surface area contributed by atoms with Crippen molar-refractivity contribution in [1.29, 1.82) is 0 Å². The number of halogens is 2. The Morgan fingerprint density at radius 2 is 2.20 bits per heavy atom. The lowest BCUT2D eigenvalue weighted by atomic mass is 10.1. The van der Waals surface area contributed by atoms with E-state index in [4.69, 9.17) is 17.3 Å². The third-order valence-corrected chi connectivity index (χ3v) is 4.01. The molecule has 1 aromatic heterocycles. The summed E-state index contributed by atoms with van der Waals surface area (Å²) in [5, 5.41) is 4.59.